The van der Waals surface area contributed by atoms with Crippen molar-refractivity contribution in [2.24, 2.45) is 0 Å². The van der Waals surface area contributed by atoms with Crippen LogP contribution in [0.15, 0.2) is 36.4 Å². The number of benzene rings is 1. The maximum absolute atomic E-state index is 12.0. The quantitative estimate of drug-likeness (QED) is 0.158. The Kier molecular flexibility index (Phi) is 15.1. The van der Waals surface area contributed by atoms with Crippen LogP contribution in [0, 0.1) is 0 Å². The van der Waals surface area contributed by atoms with Gasteiger partial charge in [0.25, 0.3) is 5.24 Å². The van der Waals surface area contributed by atoms with Crippen molar-refractivity contribution in [1.82, 2.24) is 0 Å². The summed E-state index contributed by atoms with van der Waals surface area (Å²) >= 11 is 5.46. The van der Waals surface area contributed by atoms with E-state index in [0.29, 0.717) is 17.7 Å². The minimum Gasteiger partial charge on any atom is -0.326 e. The molecule has 0 aliphatic carbocycles. The van der Waals surface area contributed by atoms with Gasteiger partial charge in [-0.25, -0.2) is 0 Å². The zero-order chi connectivity index (χ0) is 21.2. The number of allylic oxidation sites excluding steroid dienone is 2. The second-order valence-corrected chi connectivity index (χ2v) is 8.08. The second kappa shape index (κ2) is 17.3. The van der Waals surface area contributed by atoms with E-state index in [0.717, 1.165) is 12.8 Å². The molecule has 29 heavy (non-hydrogen) atoms. The van der Waals surface area contributed by atoms with Gasteiger partial charge in [-0.3, -0.25) is 9.59 Å². The number of carbonyl (C=O) groups excluding carboxylic acids is 2. The summed E-state index contributed by atoms with van der Waals surface area (Å²) in [4.78, 5) is 23.2. The highest BCUT2D eigenvalue weighted by Crippen LogP contribution is 2.14. The van der Waals surface area contributed by atoms with Gasteiger partial charge in [0.2, 0.25) is 5.91 Å². The van der Waals surface area contributed by atoms with Gasteiger partial charge in [0.1, 0.15) is 0 Å². The average molecular weight is 420 g/mol. The van der Waals surface area contributed by atoms with Gasteiger partial charge in [0, 0.05) is 17.7 Å². The summed E-state index contributed by atoms with van der Waals surface area (Å²) in [6, 6.07) is 6.72. The molecule has 0 bridgehead atoms. The molecular formula is C25H38ClNO2. The number of amides is 1. The Balaban J connectivity index is 1.95. The van der Waals surface area contributed by atoms with E-state index in [1.807, 2.05) is 0 Å². The molecule has 0 aliphatic heterocycles. The SMILES string of the molecule is CCCCCCCCC=CCCCCCCCC(=O)Nc1cccc(C(=O)Cl)c1. The van der Waals surface area contributed by atoms with Crippen molar-refractivity contribution in [3.8, 4) is 0 Å². The lowest BCUT2D eigenvalue weighted by molar-refractivity contribution is -0.116. The van der Waals surface area contributed by atoms with E-state index in [-0.39, 0.29) is 5.91 Å². The Labute approximate surface area is 182 Å². The Morgan fingerprint density at radius 2 is 1.45 bits per heavy atom. The first-order valence-electron chi connectivity index (χ1n) is 11.4. The molecule has 4 heteroatoms. The summed E-state index contributed by atoms with van der Waals surface area (Å²) in [7, 11) is 0. The van der Waals surface area contributed by atoms with E-state index in [9.17, 15) is 9.59 Å². The lowest BCUT2D eigenvalue weighted by Crippen LogP contribution is -2.11. The van der Waals surface area contributed by atoms with Crippen molar-refractivity contribution >= 4 is 28.4 Å². The fourth-order valence-electron chi connectivity index (χ4n) is 3.30. The Hall–Kier alpha value is -1.61. The minimum atomic E-state index is -0.515. The van der Waals surface area contributed by atoms with Crippen LogP contribution in [0.25, 0.3) is 0 Å². The molecule has 0 radical (unpaired) electrons. The number of nitrogens with one attached hydrogen (secondary N) is 1. The Bertz CT molecular complexity index is 613. The van der Waals surface area contributed by atoms with Crippen molar-refractivity contribution in [3.63, 3.8) is 0 Å². The van der Waals surface area contributed by atoms with Gasteiger partial charge in [-0.2, -0.15) is 0 Å². The van der Waals surface area contributed by atoms with Crippen molar-refractivity contribution in [2.75, 3.05) is 5.32 Å². The van der Waals surface area contributed by atoms with Gasteiger partial charge in [0.15, 0.2) is 0 Å². The molecule has 0 atom stereocenters. The number of halogens is 1. The topological polar surface area (TPSA) is 46.2 Å². The second-order valence-electron chi connectivity index (χ2n) is 7.74. The molecule has 0 saturated carbocycles. The highest BCUT2D eigenvalue weighted by Gasteiger charge is 2.05. The fraction of sp³-hybridized carbons (Fsp3) is 0.600. The molecule has 1 aromatic rings. The van der Waals surface area contributed by atoms with E-state index in [1.54, 1.807) is 24.3 Å². The van der Waals surface area contributed by atoms with Crippen LogP contribution in [0.1, 0.15) is 107 Å². The largest absolute Gasteiger partial charge is 0.326 e. The minimum absolute atomic E-state index is 0.0122. The van der Waals surface area contributed by atoms with Crippen LogP contribution in [0.2, 0.25) is 0 Å². The van der Waals surface area contributed by atoms with Crippen LogP contribution in [-0.2, 0) is 4.79 Å². The molecule has 0 aromatic heterocycles. The maximum atomic E-state index is 12.0. The highest BCUT2D eigenvalue weighted by atomic mass is 35.5. The molecule has 0 unspecified atom stereocenters. The number of anilines is 1. The summed E-state index contributed by atoms with van der Waals surface area (Å²) in [5, 5.41) is 2.31. The zero-order valence-electron chi connectivity index (χ0n) is 18.1. The van der Waals surface area contributed by atoms with Crippen molar-refractivity contribution in [1.29, 1.82) is 0 Å². The first-order valence-corrected chi connectivity index (χ1v) is 11.8. The molecule has 0 saturated heterocycles. The maximum Gasteiger partial charge on any atom is 0.252 e. The van der Waals surface area contributed by atoms with Crippen molar-refractivity contribution in [2.45, 2.75) is 96.8 Å². The van der Waals surface area contributed by atoms with Crippen molar-refractivity contribution < 1.29 is 9.59 Å². The number of rotatable bonds is 17. The molecule has 3 nitrogen and oxygen atoms in total. The lowest BCUT2D eigenvalue weighted by atomic mass is 10.1. The van der Waals surface area contributed by atoms with Gasteiger partial charge in [-0.05, 0) is 61.9 Å². The number of hydrogen-bond acceptors (Lipinski definition) is 2. The predicted octanol–water partition coefficient (Wildman–Crippen LogP) is 8.04. The highest BCUT2D eigenvalue weighted by molar-refractivity contribution is 6.67. The van der Waals surface area contributed by atoms with Gasteiger partial charge in [-0.15, -0.1) is 0 Å². The zero-order valence-corrected chi connectivity index (χ0v) is 18.8. The monoisotopic (exact) mass is 419 g/mol. The van der Waals surface area contributed by atoms with Crippen LogP contribution in [0.3, 0.4) is 0 Å². The van der Waals surface area contributed by atoms with Gasteiger partial charge >= 0.3 is 0 Å². The standard InChI is InChI=1S/C25H38ClNO2/c1-2-3-4-5-6-7-8-9-10-11-12-13-14-15-16-20-24(28)27-23-19-17-18-22(21-23)25(26)29/h9-10,17-19,21H,2-8,11-16,20H2,1H3,(H,27,28). The molecule has 1 N–H and O–H groups in total. The molecule has 1 amide bonds. The Morgan fingerprint density at radius 1 is 0.862 bits per heavy atom. The van der Waals surface area contributed by atoms with Crippen LogP contribution >= 0.6 is 11.6 Å². The molecule has 1 aromatic carbocycles. The molecule has 0 spiro atoms. The summed E-state index contributed by atoms with van der Waals surface area (Å²) in [6.07, 6.45) is 21.4. The average Bonchev–Trinajstić information content (AvgIpc) is 2.71. The van der Waals surface area contributed by atoms with E-state index < -0.39 is 5.24 Å². The lowest BCUT2D eigenvalue weighted by Gasteiger charge is -2.06. The molecule has 162 valence electrons. The van der Waals surface area contributed by atoms with E-state index in [1.165, 1.54) is 70.6 Å². The normalized spacial score (nSPS) is 11.1. The molecular weight excluding hydrogens is 382 g/mol. The number of hydrogen-bond donors (Lipinski definition) is 1. The van der Waals surface area contributed by atoms with E-state index in [2.05, 4.69) is 24.4 Å². The number of unbranched alkanes of at least 4 members (excludes halogenated alkanes) is 11. The molecule has 1 rings (SSSR count). The Morgan fingerprint density at radius 3 is 2.07 bits per heavy atom. The van der Waals surface area contributed by atoms with Crippen LogP contribution in [-0.4, -0.2) is 11.1 Å². The van der Waals surface area contributed by atoms with Crippen LogP contribution in [0.5, 0.6) is 0 Å². The smallest absolute Gasteiger partial charge is 0.252 e. The first-order chi connectivity index (χ1) is 14.1. The third kappa shape index (κ3) is 14.1. The van der Waals surface area contributed by atoms with Gasteiger partial charge < -0.3 is 5.32 Å². The third-order valence-corrected chi connectivity index (χ3v) is 5.26. The third-order valence-electron chi connectivity index (χ3n) is 5.04. The van der Waals surface area contributed by atoms with E-state index in [4.69, 9.17) is 11.6 Å². The first kappa shape index (κ1) is 25.4. The van der Waals surface area contributed by atoms with Gasteiger partial charge in [-0.1, -0.05) is 76.5 Å². The summed E-state index contributed by atoms with van der Waals surface area (Å²) in [5.41, 5.74) is 1.01. The fourth-order valence-corrected chi connectivity index (χ4v) is 3.42. The van der Waals surface area contributed by atoms with Crippen LogP contribution < -0.4 is 5.32 Å². The van der Waals surface area contributed by atoms with Crippen molar-refractivity contribution in [3.05, 3.63) is 42.0 Å². The predicted molar refractivity (Wildman–Crippen MR) is 125 cm³/mol. The van der Waals surface area contributed by atoms with Gasteiger partial charge in [0.05, 0.1) is 0 Å². The molecule has 0 aliphatic rings. The van der Waals surface area contributed by atoms with Crippen LogP contribution in [0.4, 0.5) is 5.69 Å². The summed E-state index contributed by atoms with van der Waals surface area (Å²) in [5.74, 6) is -0.0122. The summed E-state index contributed by atoms with van der Waals surface area (Å²) < 4.78 is 0. The number of carbonyl (C=O) groups is 2. The van der Waals surface area contributed by atoms with E-state index >= 15 is 0 Å². The summed E-state index contributed by atoms with van der Waals surface area (Å²) in [6.45, 7) is 2.26. The molecule has 0 heterocycles. The molecule has 0 fully saturated rings.